The van der Waals surface area contributed by atoms with E-state index in [9.17, 15) is 0 Å². The highest BCUT2D eigenvalue weighted by Gasteiger charge is 2.11. The summed E-state index contributed by atoms with van der Waals surface area (Å²) in [5, 5.41) is 2.08. The van der Waals surface area contributed by atoms with E-state index < -0.39 is 0 Å². The lowest BCUT2D eigenvalue weighted by atomic mass is 10.1. The highest BCUT2D eigenvalue weighted by molar-refractivity contribution is 9.10. The Morgan fingerprint density at radius 1 is 1.44 bits per heavy atom. The fourth-order valence-electron chi connectivity index (χ4n) is 1.76. The lowest BCUT2D eigenvalue weighted by Gasteiger charge is -2.21. The summed E-state index contributed by atoms with van der Waals surface area (Å²) in [6.07, 6.45) is 0. The molecule has 2 rings (SSSR count). The summed E-state index contributed by atoms with van der Waals surface area (Å²) < 4.78 is 0.985. The molecule has 0 fully saturated rings. The van der Waals surface area contributed by atoms with Crippen LogP contribution in [0.2, 0.25) is 0 Å². The van der Waals surface area contributed by atoms with E-state index >= 15 is 0 Å². The van der Waals surface area contributed by atoms with Crippen LogP contribution < -0.4 is 10.6 Å². The molecule has 2 nitrogen and oxygen atoms in total. The van der Waals surface area contributed by atoms with E-state index in [4.69, 9.17) is 18.0 Å². The van der Waals surface area contributed by atoms with Crippen LogP contribution in [-0.2, 0) is 6.54 Å². The minimum absolute atomic E-state index is 0.421. The van der Waals surface area contributed by atoms with Gasteiger partial charge in [0.05, 0.1) is 6.54 Å². The van der Waals surface area contributed by atoms with Gasteiger partial charge in [0, 0.05) is 27.6 Å². The van der Waals surface area contributed by atoms with Crippen molar-refractivity contribution in [3.05, 3.63) is 50.6 Å². The van der Waals surface area contributed by atoms with Crippen molar-refractivity contribution in [3.8, 4) is 0 Å². The molecule has 0 atom stereocenters. The molecule has 1 heterocycles. The number of benzene rings is 1. The van der Waals surface area contributed by atoms with Crippen LogP contribution >= 0.6 is 39.5 Å². The van der Waals surface area contributed by atoms with E-state index in [-0.39, 0.29) is 0 Å². The lowest BCUT2D eigenvalue weighted by Crippen LogP contribution is -2.21. The molecule has 0 saturated carbocycles. The summed E-state index contributed by atoms with van der Waals surface area (Å²) in [7, 11) is 2.05. The van der Waals surface area contributed by atoms with Gasteiger partial charge in [-0.3, -0.25) is 0 Å². The Morgan fingerprint density at radius 3 is 2.83 bits per heavy atom. The van der Waals surface area contributed by atoms with Crippen LogP contribution in [0.5, 0.6) is 0 Å². The quantitative estimate of drug-likeness (QED) is 0.858. The summed E-state index contributed by atoms with van der Waals surface area (Å²) in [6, 6.07) is 10.2. The van der Waals surface area contributed by atoms with Gasteiger partial charge < -0.3 is 10.6 Å². The minimum Gasteiger partial charge on any atom is -0.389 e. The second-order valence-corrected chi connectivity index (χ2v) is 6.35. The fourth-order valence-corrected chi connectivity index (χ4v) is 3.04. The van der Waals surface area contributed by atoms with Crippen LogP contribution in [-0.4, -0.2) is 12.0 Å². The standard InChI is InChI=1S/C13H13BrN2S2/c1-16(8-10-3-2-6-18-10)12-5-4-9(14)7-11(12)13(15)17/h2-7H,8H2,1H3,(H2,15,17). The number of thiocarbonyl (C=S) groups is 1. The van der Waals surface area contributed by atoms with Crippen molar-refractivity contribution in [2.24, 2.45) is 5.73 Å². The zero-order valence-corrected chi connectivity index (χ0v) is 13.1. The van der Waals surface area contributed by atoms with Crippen molar-refractivity contribution in [3.63, 3.8) is 0 Å². The van der Waals surface area contributed by atoms with Gasteiger partial charge in [-0.1, -0.05) is 34.2 Å². The third-order valence-corrected chi connectivity index (χ3v) is 4.18. The molecule has 0 aliphatic heterocycles. The number of anilines is 1. The molecule has 0 saturated heterocycles. The molecule has 0 bridgehead atoms. The number of nitrogens with zero attached hydrogens (tertiary/aromatic N) is 1. The van der Waals surface area contributed by atoms with E-state index in [1.165, 1.54) is 4.88 Å². The third-order valence-electron chi connectivity index (χ3n) is 2.61. The van der Waals surface area contributed by atoms with Crippen LogP contribution in [0.15, 0.2) is 40.2 Å². The molecule has 0 spiro atoms. The first kappa shape index (κ1) is 13.5. The van der Waals surface area contributed by atoms with Gasteiger partial charge in [0.2, 0.25) is 0 Å². The number of thiophene rings is 1. The Bertz CT molecular complexity index is 552. The molecule has 1 aromatic heterocycles. The summed E-state index contributed by atoms with van der Waals surface area (Å²) in [5.41, 5.74) is 7.74. The first-order chi connectivity index (χ1) is 8.58. The van der Waals surface area contributed by atoms with Gasteiger partial charge in [-0.15, -0.1) is 11.3 Å². The van der Waals surface area contributed by atoms with Crippen LogP contribution in [0.25, 0.3) is 0 Å². The summed E-state index contributed by atoms with van der Waals surface area (Å²) in [6.45, 7) is 0.856. The molecule has 1 aromatic carbocycles. The summed E-state index contributed by atoms with van der Waals surface area (Å²) in [4.78, 5) is 3.89. The molecule has 2 N–H and O–H groups in total. The fraction of sp³-hybridized carbons (Fsp3) is 0.154. The van der Waals surface area contributed by atoms with Gasteiger partial charge in [-0.2, -0.15) is 0 Å². The maximum Gasteiger partial charge on any atom is 0.106 e. The van der Waals surface area contributed by atoms with Gasteiger partial charge >= 0.3 is 0 Å². The van der Waals surface area contributed by atoms with Crippen LogP contribution in [0.4, 0.5) is 5.69 Å². The zero-order valence-electron chi connectivity index (χ0n) is 9.89. The molecule has 0 unspecified atom stereocenters. The molecule has 0 amide bonds. The first-order valence-corrected chi connectivity index (χ1v) is 7.49. The highest BCUT2D eigenvalue weighted by atomic mass is 79.9. The van der Waals surface area contributed by atoms with Crippen LogP contribution in [0.1, 0.15) is 10.4 Å². The lowest BCUT2D eigenvalue weighted by molar-refractivity contribution is 0.938. The van der Waals surface area contributed by atoms with Gasteiger partial charge in [-0.25, -0.2) is 0 Å². The number of hydrogen-bond acceptors (Lipinski definition) is 3. The number of halogens is 1. The van der Waals surface area contributed by atoms with Crippen molar-refractivity contribution in [2.45, 2.75) is 6.54 Å². The van der Waals surface area contributed by atoms with Crippen molar-refractivity contribution in [1.29, 1.82) is 0 Å². The Balaban J connectivity index is 2.29. The maximum absolute atomic E-state index is 5.78. The van der Waals surface area contributed by atoms with Crippen LogP contribution in [0.3, 0.4) is 0 Å². The SMILES string of the molecule is CN(Cc1cccs1)c1ccc(Br)cc1C(N)=S. The van der Waals surface area contributed by atoms with Crippen molar-refractivity contribution in [1.82, 2.24) is 0 Å². The monoisotopic (exact) mass is 340 g/mol. The number of hydrogen-bond donors (Lipinski definition) is 1. The van der Waals surface area contributed by atoms with Gasteiger partial charge in [0.15, 0.2) is 0 Å². The van der Waals surface area contributed by atoms with Gasteiger partial charge in [0.1, 0.15) is 4.99 Å². The second-order valence-electron chi connectivity index (χ2n) is 3.96. The maximum atomic E-state index is 5.78. The number of nitrogens with two attached hydrogens (primary N) is 1. The Labute approximate surface area is 125 Å². The Hall–Kier alpha value is -0.910. The van der Waals surface area contributed by atoms with Crippen molar-refractivity contribution >= 4 is 50.2 Å². The molecule has 0 radical (unpaired) electrons. The normalized spacial score (nSPS) is 10.3. The van der Waals surface area contributed by atoms with Gasteiger partial charge in [-0.05, 0) is 29.6 Å². The summed E-state index contributed by atoms with van der Waals surface area (Å²) in [5.74, 6) is 0. The molecule has 2 aromatic rings. The second kappa shape index (κ2) is 5.82. The zero-order chi connectivity index (χ0) is 13.1. The van der Waals surface area contributed by atoms with E-state index in [0.717, 1.165) is 22.3 Å². The average Bonchev–Trinajstić information content (AvgIpc) is 2.81. The topological polar surface area (TPSA) is 29.3 Å². The predicted molar refractivity (Wildman–Crippen MR) is 86.5 cm³/mol. The largest absolute Gasteiger partial charge is 0.389 e. The number of rotatable bonds is 4. The minimum atomic E-state index is 0.421. The van der Waals surface area contributed by atoms with E-state index in [0.29, 0.717) is 4.99 Å². The Kier molecular flexibility index (Phi) is 4.37. The average molecular weight is 341 g/mol. The van der Waals surface area contributed by atoms with Crippen molar-refractivity contribution in [2.75, 3.05) is 11.9 Å². The van der Waals surface area contributed by atoms with E-state index in [1.54, 1.807) is 11.3 Å². The third kappa shape index (κ3) is 3.10. The molecule has 5 heteroatoms. The molecule has 0 aliphatic rings. The highest BCUT2D eigenvalue weighted by Crippen LogP contribution is 2.25. The van der Waals surface area contributed by atoms with Gasteiger partial charge in [0.25, 0.3) is 0 Å². The molecule has 18 heavy (non-hydrogen) atoms. The molecular formula is C13H13BrN2S2. The molecular weight excluding hydrogens is 328 g/mol. The van der Waals surface area contributed by atoms with Crippen molar-refractivity contribution < 1.29 is 0 Å². The molecule has 0 aliphatic carbocycles. The first-order valence-electron chi connectivity index (χ1n) is 5.41. The Morgan fingerprint density at radius 2 is 2.22 bits per heavy atom. The smallest absolute Gasteiger partial charge is 0.106 e. The predicted octanol–water partition coefficient (Wildman–Crippen LogP) is 3.78. The molecule has 94 valence electrons. The van der Waals surface area contributed by atoms with Crippen LogP contribution in [0, 0.1) is 0 Å². The van der Waals surface area contributed by atoms with E-state index in [1.807, 2.05) is 25.2 Å². The summed E-state index contributed by atoms with van der Waals surface area (Å²) >= 11 is 10.3. The van der Waals surface area contributed by atoms with E-state index in [2.05, 4.69) is 38.3 Å².